The minimum atomic E-state index is -0.300. The Kier molecular flexibility index (Phi) is 3.91. The van der Waals surface area contributed by atoms with Gasteiger partial charge in [-0.3, -0.25) is 4.79 Å². The summed E-state index contributed by atoms with van der Waals surface area (Å²) in [5, 5.41) is 0.0238. The van der Waals surface area contributed by atoms with Gasteiger partial charge < -0.3 is 0 Å². The summed E-state index contributed by atoms with van der Waals surface area (Å²) in [5.74, 6) is 0.279. The largest absolute Gasteiger partial charge is 0.299 e. The highest BCUT2D eigenvalue weighted by Crippen LogP contribution is 2.35. The van der Waals surface area contributed by atoms with Gasteiger partial charge in [0, 0.05) is 17.2 Å². The van der Waals surface area contributed by atoms with E-state index in [0.29, 0.717) is 6.42 Å². The van der Waals surface area contributed by atoms with E-state index in [4.69, 9.17) is 11.6 Å². The SMILES string of the molecule is CC1(C)CC(Cl)C/C(c2ccccc2)=C\CC1=O. The number of hydrogen-bond acceptors (Lipinski definition) is 1. The molecule has 0 amide bonds. The van der Waals surface area contributed by atoms with Crippen molar-refractivity contribution < 1.29 is 4.79 Å². The van der Waals surface area contributed by atoms with Crippen LogP contribution in [0, 0.1) is 5.41 Å². The van der Waals surface area contributed by atoms with Gasteiger partial charge in [0.05, 0.1) is 0 Å². The number of rotatable bonds is 1. The molecule has 1 nitrogen and oxygen atoms in total. The summed E-state index contributed by atoms with van der Waals surface area (Å²) in [6.07, 6.45) is 4.15. The van der Waals surface area contributed by atoms with Crippen molar-refractivity contribution in [3.63, 3.8) is 0 Å². The van der Waals surface area contributed by atoms with Gasteiger partial charge in [-0.15, -0.1) is 11.6 Å². The molecule has 1 unspecified atom stereocenters. The number of benzene rings is 1. The van der Waals surface area contributed by atoms with E-state index in [0.717, 1.165) is 12.8 Å². The molecule has 18 heavy (non-hydrogen) atoms. The third kappa shape index (κ3) is 3.02. The van der Waals surface area contributed by atoms with Crippen LogP contribution in [0.15, 0.2) is 36.4 Å². The number of halogens is 1. The Labute approximate surface area is 114 Å². The number of carbonyl (C=O) groups is 1. The van der Waals surface area contributed by atoms with E-state index in [9.17, 15) is 4.79 Å². The van der Waals surface area contributed by atoms with Gasteiger partial charge in [0.25, 0.3) is 0 Å². The van der Waals surface area contributed by atoms with E-state index < -0.39 is 0 Å². The van der Waals surface area contributed by atoms with Crippen LogP contribution < -0.4 is 0 Å². The van der Waals surface area contributed by atoms with E-state index in [1.165, 1.54) is 11.1 Å². The number of alkyl halides is 1. The molecule has 1 atom stereocenters. The molecular weight excluding hydrogens is 244 g/mol. The van der Waals surface area contributed by atoms with Gasteiger partial charge in [0.15, 0.2) is 0 Å². The third-order valence-corrected chi connectivity index (χ3v) is 3.92. The second-order valence-electron chi connectivity index (χ2n) is 5.61. The van der Waals surface area contributed by atoms with Crippen molar-refractivity contribution >= 4 is 23.0 Å². The summed E-state index contributed by atoms with van der Waals surface area (Å²) in [7, 11) is 0. The average molecular weight is 263 g/mol. The Hall–Kier alpha value is -1.08. The molecule has 0 N–H and O–H groups in total. The molecule has 0 bridgehead atoms. The van der Waals surface area contributed by atoms with Crippen LogP contribution in [-0.2, 0) is 4.79 Å². The highest BCUT2D eigenvalue weighted by molar-refractivity contribution is 6.21. The quantitative estimate of drug-likeness (QED) is 0.683. The van der Waals surface area contributed by atoms with Crippen molar-refractivity contribution in [2.45, 2.75) is 38.5 Å². The van der Waals surface area contributed by atoms with E-state index in [-0.39, 0.29) is 16.6 Å². The molecule has 0 saturated heterocycles. The van der Waals surface area contributed by atoms with Crippen LogP contribution >= 0.6 is 11.6 Å². The van der Waals surface area contributed by atoms with Crippen molar-refractivity contribution in [3.8, 4) is 0 Å². The maximum absolute atomic E-state index is 12.1. The first kappa shape index (κ1) is 13.4. The van der Waals surface area contributed by atoms with Crippen LogP contribution in [0.3, 0.4) is 0 Å². The smallest absolute Gasteiger partial charge is 0.142 e. The molecule has 0 spiro atoms. The van der Waals surface area contributed by atoms with Crippen LogP contribution in [0.5, 0.6) is 0 Å². The second kappa shape index (κ2) is 5.27. The fourth-order valence-electron chi connectivity index (χ4n) is 2.44. The highest BCUT2D eigenvalue weighted by Gasteiger charge is 2.31. The number of carbonyl (C=O) groups excluding carboxylic acids is 1. The summed E-state index contributed by atoms with van der Waals surface area (Å²) in [5.41, 5.74) is 2.07. The van der Waals surface area contributed by atoms with E-state index >= 15 is 0 Å². The zero-order valence-corrected chi connectivity index (χ0v) is 11.7. The number of hydrogen-bond donors (Lipinski definition) is 0. The second-order valence-corrected chi connectivity index (χ2v) is 6.23. The topological polar surface area (TPSA) is 17.1 Å². The average Bonchev–Trinajstić information content (AvgIpc) is 2.33. The summed E-state index contributed by atoms with van der Waals surface area (Å²) in [4.78, 5) is 12.1. The van der Waals surface area contributed by atoms with Crippen molar-refractivity contribution in [1.82, 2.24) is 0 Å². The maximum atomic E-state index is 12.1. The number of ketones is 1. The van der Waals surface area contributed by atoms with Crippen molar-refractivity contribution in [3.05, 3.63) is 42.0 Å². The first-order chi connectivity index (χ1) is 8.49. The Morgan fingerprint density at radius 3 is 2.56 bits per heavy atom. The monoisotopic (exact) mass is 262 g/mol. The lowest BCUT2D eigenvalue weighted by Gasteiger charge is -2.28. The van der Waals surface area contributed by atoms with Crippen LogP contribution in [0.1, 0.15) is 38.7 Å². The van der Waals surface area contributed by atoms with E-state index in [1.807, 2.05) is 38.1 Å². The Balaban J connectivity index is 2.28. The van der Waals surface area contributed by atoms with Gasteiger partial charge in [0.2, 0.25) is 0 Å². The molecule has 0 saturated carbocycles. The first-order valence-corrected chi connectivity index (χ1v) is 6.84. The molecule has 0 fully saturated rings. The molecule has 1 aromatic carbocycles. The lowest BCUT2D eigenvalue weighted by molar-refractivity contribution is -0.126. The normalized spacial score (nSPS) is 26.9. The minimum Gasteiger partial charge on any atom is -0.299 e. The molecule has 1 aliphatic carbocycles. The molecule has 0 aliphatic heterocycles. The van der Waals surface area contributed by atoms with Gasteiger partial charge in [0.1, 0.15) is 5.78 Å². The lowest BCUT2D eigenvalue weighted by atomic mass is 9.78. The van der Waals surface area contributed by atoms with E-state index in [1.54, 1.807) is 0 Å². The molecule has 1 aromatic rings. The molecule has 0 heterocycles. The number of Topliss-reactive ketones (excluding diaryl/α,β-unsaturated/α-hetero) is 1. The molecule has 0 aromatic heterocycles. The van der Waals surface area contributed by atoms with Gasteiger partial charge in [-0.25, -0.2) is 0 Å². The Morgan fingerprint density at radius 2 is 1.89 bits per heavy atom. The van der Waals surface area contributed by atoms with Crippen LogP contribution in [-0.4, -0.2) is 11.2 Å². The van der Waals surface area contributed by atoms with Crippen LogP contribution in [0.25, 0.3) is 5.57 Å². The molecule has 2 rings (SSSR count). The fourth-order valence-corrected chi connectivity index (χ4v) is 2.99. The standard InChI is InChI=1S/C16H19ClO/c1-16(2)11-14(17)10-13(8-9-15(16)18)12-6-4-3-5-7-12/h3-8,14H,9-11H2,1-2H3/b13-8+. The van der Waals surface area contributed by atoms with Gasteiger partial charge in [-0.2, -0.15) is 0 Å². The minimum absolute atomic E-state index is 0.0238. The predicted octanol–water partition coefficient (Wildman–Crippen LogP) is 4.46. The summed E-state index contributed by atoms with van der Waals surface area (Å²) in [6, 6.07) is 10.2. The zero-order valence-electron chi connectivity index (χ0n) is 10.9. The Morgan fingerprint density at radius 1 is 1.22 bits per heavy atom. The van der Waals surface area contributed by atoms with Crippen LogP contribution in [0.4, 0.5) is 0 Å². The van der Waals surface area contributed by atoms with Crippen molar-refractivity contribution in [2.24, 2.45) is 5.41 Å². The van der Waals surface area contributed by atoms with Gasteiger partial charge in [-0.05, 0) is 24.0 Å². The van der Waals surface area contributed by atoms with Crippen molar-refractivity contribution in [2.75, 3.05) is 0 Å². The molecule has 96 valence electrons. The zero-order chi connectivity index (χ0) is 13.2. The Bertz CT molecular complexity index is 459. The first-order valence-electron chi connectivity index (χ1n) is 6.41. The lowest BCUT2D eigenvalue weighted by Crippen LogP contribution is -2.28. The maximum Gasteiger partial charge on any atom is 0.142 e. The highest BCUT2D eigenvalue weighted by atomic mass is 35.5. The molecule has 0 radical (unpaired) electrons. The summed E-state index contributed by atoms with van der Waals surface area (Å²) < 4.78 is 0. The van der Waals surface area contributed by atoms with Crippen LogP contribution in [0.2, 0.25) is 0 Å². The predicted molar refractivity (Wildman–Crippen MR) is 76.7 cm³/mol. The van der Waals surface area contributed by atoms with Gasteiger partial charge in [-0.1, -0.05) is 50.3 Å². The number of allylic oxidation sites excluding steroid dienone is 2. The molecule has 2 heteroatoms. The summed E-state index contributed by atoms with van der Waals surface area (Å²) in [6.45, 7) is 3.98. The fraction of sp³-hybridized carbons (Fsp3) is 0.438. The summed E-state index contributed by atoms with van der Waals surface area (Å²) >= 11 is 6.40. The van der Waals surface area contributed by atoms with Gasteiger partial charge >= 0.3 is 0 Å². The third-order valence-electron chi connectivity index (χ3n) is 3.61. The molecule has 1 aliphatic rings. The van der Waals surface area contributed by atoms with E-state index in [2.05, 4.69) is 12.1 Å². The molecular formula is C16H19ClO. The van der Waals surface area contributed by atoms with Crippen molar-refractivity contribution in [1.29, 1.82) is 0 Å².